The second-order valence-electron chi connectivity index (χ2n) is 9.75. The van der Waals surface area contributed by atoms with Crippen LogP contribution >= 0.6 is 11.6 Å². The number of rotatable bonds is 11. The van der Waals surface area contributed by atoms with E-state index in [4.69, 9.17) is 11.6 Å². The molecule has 0 spiro atoms. The van der Waals surface area contributed by atoms with Gasteiger partial charge in [0.05, 0.1) is 10.6 Å². The van der Waals surface area contributed by atoms with Gasteiger partial charge in [-0.1, -0.05) is 55.3 Å². The highest BCUT2D eigenvalue weighted by Crippen LogP contribution is 2.38. The molecule has 0 aromatic heterocycles. The van der Waals surface area contributed by atoms with Crippen LogP contribution in [0.5, 0.6) is 0 Å². The Morgan fingerprint density at radius 3 is 2.89 bits per heavy atom. The van der Waals surface area contributed by atoms with Crippen molar-refractivity contribution in [3.8, 4) is 0 Å². The minimum atomic E-state index is -0.716. The smallest absolute Gasteiger partial charge is 0.253 e. The van der Waals surface area contributed by atoms with Crippen molar-refractivity contribution in [2.24, 2.45) is 22.7 Å². The van der Waals surface area contributed by atoms with Crippen LogP contribution in [-0.2, 0) is 0 Å². The number of fused-ring (bicyclic) bond motifs is 1. The summed E-state index contributed by atoms with van der Waals surface area (Å²) in [6.45, 7) is 3.90. The molecule has 6 nitrogen and oxygen atoms in total. The van der Waals surface area contributed by atoms with Crippen LogP contribution in [0.2, 0.25) is 5.02 Å². The Bertz CT molecular complexity index is 989. The molecular formula is C28H37ClN4O2. The standard InChI is InChI=1S/C28H37ClN4O2/c1-2-19(11-16-31-22-12-14-30-15-13-22)18-32-27(34)21-8-7-20-9-10-26(24(20)17-21)33-28(35)23-5-3-4-6-25(23)29/h3-8,12,14-15,17,19-20,22,24,26-27,31-32,34H,2,9-11,13,16,18H2,1H3,(H,33,35)/t19?,20?,22?,24?,26-,27?/m1/s1. The van der Waals surface area contributed by atoms with E-state index in [-0.39, 0.29) is 17.9 Å². The number of benzene rings is 1. The number of halogens is 1. The fraction of sp³-hybridized carbons (Fsp3) is 0.500. The average Bonchev–Trinajstić information content (AvgIpc) is 3.28. The lowest BCUT2D eigenvalue weighted by atomic mass is 9.86. The zero-order valence-electron chi connectivity index (χ0n) is 20.4. The maximum atomic E-state index is 12.8. The summed E-state index contributed by atoms with van der Waals surface area (Å²) < 4.78 is 0. The van der Waals surface area contributed by atoms with E-state index in [0.717, 1.165) is 50.8 Å². The molecule has 6 atom stereocenters. The van der Waals surface area contributed by atoms with Gasteiger partial charge in [0.2, 0.25) is 0 Å². The Labute approximate surface area is 213 Å². The van der Waals surface area contributed by atoms with Gasteiger partial charge in [-0.3, -0.25) is 15.1 Å². The van der Waals surface area contributed by atoms with Crippen molar-refractivity contribution < 1.29 is 9.90 Å². The lowest BCUT2D eigenvalue weighted by Gasteiger charge is -2.27. The predicted molar refractivity (Wildman–Crippen MR) is 143 cm³/mol. The fourth-order valence-electron chi connectivity index (χ4n) is 5.21. The quantitative estimate of drug-likeness (QED) is 0.345. The third kappa shape index (κ3) is 6.91. The SMILES string of the molecule is CCC(CCNC1C=CN=CC1)CNC(O)C1=CC2C(C=C1)CC[C@H]2NC(=O)c1ccccc1Cl. The lowest BCUT2D eigenvalue weighted by molar-refractivity contribution is 0.0931. The molecule has 0 bridgehead atoms. The highest BCUT2D eigenvalue weighted by atomic mass is 35.5. The van der Waals surface area contributed by atoms with E-state index >= 15 is 0 Å². The van der Waals surface area contributed by atoms with Gasteiger partial charge in [-0.25, -0.2) is 0 Å². The molecule has 1 aromatic carbocycles. The normalized spacial score (nSPS) is 26.8. The second kappa shape index (κ2) is 12.6. The fourth-order valence-corrected chi connectivity index (χ4v) is 5.43. The average molecular weight is 497 g/mol. The van der Waals surface area contributed by atoms with Crippen molar-refractivity contribution in [2.45, 2.75) is 57.3 Å². The van der Waals surface area contributed by atoms with Crippen molar-refractivity contribution in [3.63, 3.8) is 0 Å². The van der Waals surface area contributed by atoms with Gasteiger partial charge in [-0.2, -0.15) is 0 Å². The van der Waals surface area contributed by atoms with Crippen LogP contribution < -0.4 is 16.0 Å². The highest BCUT2D eigenvalue weighted by Gasteiger charge is 2.36. The number of hydrogen-bond donors (Lipinski definition) is 4. The van der Waals surface area contributed by atoms with Gasteiger partial charge >= 0.3 is 0 Å². The number of nitrogens with one attached hydrogen (secondary N) is 3. The Hall–Kier alpha value is -2.25. The van der Waals surface area contributed by atoms with E-state index in [0.29, 0.717) is 28.5 Å². The van der Waals surface area contributed by atoms with Crippen LogP contribution in [0, 0.1) is 17.8 Å². The molecule has 7 heteroatoms. The molecule has 1 fully saturated rings. The minimum absolute atomic E-state index is 0.0317. The molecule has 4 rings (SSSR count). The summed E-state index contributed by atoms with van der Waals surface area (Å²) in [5.41, 5.74) is 1.38. The van der Waals surface area contributed by atoms with Gasteiger partial charge in [-0.05, 0) is 61.4 Å². The monoisotopic (exact) mass is 496 g/mol. The summed E-state index contributed by atoms with van der Waals surface area (Å²) in [7, 11) is 0. The van der Waals surface area contributed by atoms with Gasteiger partial charge in [0.1, 0.15) is 6.23 Å². The first-order valence-corrected chi connectivity index (χ1v) is 13.2. The Morgan fingerprint density at radius 2 is 2.11 bits per heavy atom. The van der Waals surface area contributed by atoms with Crippen molar-refractivity contribution in [1.29, 1.82) is 0 Å². The molecule has 4 N–H and O–H groups in total. The molecule has 1 saturated carbocycles. The summed E-state index contributed by atoms with van der Waals surface area (Å²) >= 11 is 6.21. The van der Waals surface area contributed by atoms with Crippen LogP contribution in [0.15, 0.2) is 65.3 Å². The molecular weight excluding hydrogens is 460 g/mol. The third-order valence-electron chi connectivity index (χ3n) is 7.45. The summed E-state index contributed by atoms with van der Waals surface area (Å²) in [6.07, 6.45) is 16.5. The van der Waals surface area contributed by atoms with Crippen LogP contribution in [-0.4, -0.2) is 48.6 Å². The van der Waals surface area contributed by atoms with Gasteiger partial charge in [0.15, 0.2) is 0 Å². The van der Waals surface area contributed by atoms with E-state index in [1.165, 1.54) is 0 Å². The number of allylic oxidation sites excluding steroid dienone is 1. The van der Waals surface area contributed by atoms with Crippen molar-refractivity contribution in [1.82, 2.24) is 16.0 Å². The van der Waals surface area contributed by atoms with Crippen LogP contribution in [0.1, 0.15) is 49.4 Å². The molecule has 1 amide bonds. The lowest BCUT2D eigenvalue weighted by Crippen LogP contribution is -2.40. The molecule has 1 aliphatic heterocycles. The zero-order chi connectivity index (χ0) is 24.6. The summed E-state index contributed by atoms with van der Waals surface area (Å²) in [6, 6.07) is 7.53. The Balaban J connectivity index is 1.27. The highest BCUT2D eigenvalue weighted by molar-refractivity contribution is 6.33. The van der Waals surface area contributed by atoms with E-state index in [9.17, 15) is 9.90 Å². The largest absolute Gasteiger partial charge is 0.374 e. The van der Waals surface area contributed by atoms with Crippen molar-refractivity contribution in [3.05, 3.63) is 70.9 Å². The third-order valence-corrected chi connectivity index (χ3v) is 7.78. The van der Waals surface area contributed by atoms with Gasteiger partial charge in [0.25, 0.3) is 5.91 Å². The van der Waals surface area contributed by atoms with Crippen LogP contribution in [0.25, 0.3) is 0 Å². The minimum Gasteiger partial charge on any atom is -0.374 e. The molecule has 188 valence electrons. The second-order valence-corrected chi connectivity index (χ2v) is 10.2. The Kier molecular flexibility index (Phi) is 9.32. The predicted octanol–water partition coefficient (Wildman–Crippen LogP) is 4.23. The van der Waals surface area contributed by atoms with Gasteiger partial charge < -0.3 is 15.7 Å². The summed E-state index contributed by atoms with van der Waals surface area (Å²) in [5.74, 6) is 0.903. The molecule has 1 aromatic rings. The maximum absolute atomic E-state index is 12.8. The Morgan fingerprint density at radius 1 is 1.26 bits per heavy atom. The topological polar surface area (TPSA) is 85.8 Å². The summed E-state index contributed by atoms with van der Waals surface area (Å²) in [4.78, 5) is 16.9. The first-order valence-electron chi connectivity index (χ1n) is 12.8. The zero-order valence-corrected chi connectivity index (χ0v) is 21.1. The van der Waals surface area contributed by atoms with E-state index in [1.807, 2.05) is 30.6 Å². The molecule has 0 saturated heterocycles. The molecule has 5 unspecified atom stereocenters. The first-order chi connectivity index (χ1) is 17.0. The van der Waals surface area contributed by atoms with E-state index < -0.39 is 6.23 Å². The molecule has 3 aliphatic rings. The number of aliphatic hydroxyl groups excluding tert-OH is 1. The number of carbonyl (C=O) groups is 1. The summed E-state index contributed by atoms with van der Waals surface area (Å²) in [5, 5.41) is 21.4. The number of aliphatic hydroxyl groups is 1. The van der Waals surface area contributed by atoms with Gasteiger partial charge in [-0.15, -0.1) is 0 Å². The molecule has 2 aliphatic carbocycles. The number of amides is 1. The number of nitrogens with zero attached hydrogens (tertiary/aromatic N) is 1. The molecule has 1 heterocycles. The van der Waals surface area contributed by atoms with E-state index in [1.54, 1.807) is 12.1 Å². The van der Waals surface area contributed by atoms with Crippen LogP contribution in [0.3, 0.4) is 0 Å². The van der Waals surface area contributed by atoms with Crippen molar-refractivity contribution >= 4 is 23.7 Å². The van der Waals surface area contributed by atoms with Crippen molar-refractivity contribution in [2.75, 3.05) is 13.1 Å². The van der Waals surface area contributed by atoms with Gasteiger partial charge in [0, 0.05) is 43.4 Å². The number of hydrogen-bond acceptors (Lipinski definition) is 5. The molecule has 0 radical (unpaired) electrons. The number of carbonyl (C=O) groups excluding carboxylic acids is 1. The number of aliphatic imine (C=N–C) groups is 1. The molecule has 35 heavy (non-hydrogen) atoms. The van der Waals surface area contributed by atoms with Crippen LogP contribution in [0.4, 0.5) is 0 Å². The first kappa shape index (κ1) is 25.8. The van der Waals surface area contributed by atoms with E-state index in [2.05, 4.69) is 46.1 Å². The maximum Gasteiger partial charge on any atom is 0.253 e.